The molecule has 0 aliphatic heterocycles. The molecule has 5 nitrogen and oxygen atoms in total. The predicted molar refractivity (Wildman–Crippen MR) is 175 cm³/mol. The fraction of sp³-hybridized carbons (Fsp3) is 0.286. The van der Waals surface area contributed by atoms with Crippen molar-refractivity contribution in [2.75, 3.05) is 19.4 Å². The zero-order valence-corrected chi connectivity index (χ0v) is 26.8. The molecule has 0 heterocycles. The third-order valence-corrected chi connectivity index (χ3v) is 15.5. The predicted octanol–water partition coefficient (Wildman–Crippen LogP) is 7.24. The van der Waals surface area contributed by atoms with Crippen LogP contribution in [-0.4, -0.2) is 44.9 Å². The van der Waals surface area contributed by atoms with Crippen LogP contribution in [0.5, 0.6) is 0 Å². The largest absolute Gasteiger partial charge is 0.479 e. The Morgan fingerprint density at radius 1 is 0.786 bits per heavy atom. The van der Waals surface area contributed by atoms with Gasteiger partial charge in [0.1, 0.15) is 6.10 Å². The summed E-state index contributed by atoms with van der Waals surface area (Å²) in [6, 6.07) is 38.2. The number of carbonyl (C=O) groups is 1. The van der Waals surface area contributed by atoms with Crippen LogP contribution in [0.2, 0.25) is 5.04 Å². The SMILES string of the molecule is COP(=O)(CCc1ccccc1-c1ccccc1)CC[C@H](O[Si](c1ccccc1)(c1ccccc1)C(C)(C)C)C(=O)O. The number of carboxylic acids is 1. The summed E-state index contributed by atoms with van der Waals surface area (Å²) in [5.41, 5.74) is 3.28. The maximum absolute atomic E-state index is 14.0. The molecule has 1 unspecified atom stereocenters. The average Bonchev–Trinajstić information content (AvgIpc) is 3.01. The highest BCUT2D eigenvalue weighted by molar-refractivity contribution is 7.58. The molecule has 2 atom stereocenters. The molecule has 1 N–H and O–H groups in total. The molecule has 0 aliphatic carbocycles. The molecule has 7 heteroatoms. The van der Waals surface area contributed by atoms with Crippen LogP contribution in [0.3, 0.4) is 0 Å². The topological polar surface area (TPSA) is 72.8 Å². The fourth-order valence-corrected chi connectivity index (χ4v) is 12.1. The zero-order valence-electron chi connectivity index (χ0n) is 24.9. The van der Waals surface area contributed by atoms with Gasteiger partial charge in [0.2, 0.25) is 7.37 Å². The third kappa shape index (κ3) is 7.19. The van der Waals surface area contributed by atoms with Crippen LogP contribution in [0.15, 0.2) is 115 Å². The van der Waals surface area contributed by atoms with Crippen LogP contribution in [0.4, 0.5) is 0 Å². The molecule has 220 valence electrons. The third-order valence-electron chi connectivity index (χ3n) is 7.90. The van der Waals surface area contributed by atoms with Gasteiger partial charge in [-0.25, -0.2) is 4.79 Å². The van der Waals surface area contributed by atoms with Gasteiger partial charge in [0.25, 0.3) is 8.32 Å². The van der Waals surface area contributed by atoms with Crippen molar-refractivity contribution in [2.24, 2.45) is 0 Å². The molecule has 0 aromatic heterocycles. The Morgan fingerprint density at radius 2 is 1.29 bits per heavy atom. The molecule has 0 saturated heterocycles. The Morgan fingerprint density at radius 3 is 1.79 bits per heavy atom. The molecule has 0 fully saturated rings. The first kappa shape index (κ1) is 31.6. The van der Waals surface area contributed by atoms with Gasteiger partial charge in [-0.15, -0.1) is 0 Å². The lowest BCUT2D eigenvalue weighted by Gasteiger charge is -2.44. The lowest BCUT2D eigenvalue weighted by molar-refractivity contribution is -0.145. The highest BCUT2D eigenvalue weighted by Gasteiger charge is 2.52. The first-order valence-electron chi connectivity index (χ1n) is 14.4. The van der Waals surface area contributed by atoms with E-state index in [0.717, 1.165) is 27.1 Å². The van der Waals surface area contributed by atoms with E-state index < -0.39 is 27.8 Å². The van der Waals surface area contributed by atoms with E-state index in [2.05, 4.69) is 45.0 Å². The summed E-state index contributed by atoms with van der Waals surface area (Å²) in [4.78, 5) is 12.7. The molecule has 4 aromatic rings. The Labute approximate surface area is 251 Å². The summed E-state index contributed by atoms with van der Waals surface area (Å²) in [6.45, 7) is 6.34. The molecule has 0 saturated carbocycles. The van der Waals surface area contributed by atoms with E-state index in [1.165, 1.54) is 7.11 Å². The van der Waals surface area contributed by atoms with Gasteiger partial charge in [0.05, 0.1) is 0 Å². The molecule has 0 bridgehead atoms. The second-order valence-corrected chi connectivity index (χ2v) is 18.8. The van der Waals surface area contributed by atoms with Gasteiger partial charge in [-0.1, -0.05) is 136 Å². The van der Waals surface area contributed by atoms with Crippen LogP contribution in [0, 0.1) is 0 Å². The minimum atomic E-state index is -3.15. The van der Waals surface area contributed by atoms with Crippen molar-refractivity contribution in [1.29, 1.82) is 0 Å². The molecule has 0 radical (unpaired) electrons. The molecule has 0 amide bonds. The van der Waals surface area contributed by atoms with Crippen LogP contribution in [0.1, 0.15) is 32.8 Å². The second kappa shape index (κ2) is 13.8. The molecule has 4 aromatic carbocycles. The number of benzene rings is 4. The molecular formula is C35H41O5PSi. The van der Waals surface area contributed by atoms with Crippen molar-refractivity contribution in [3.05, 3.63) is 121 Å². The quantitative estimate of drug-likeness (QED) is 0.129. The van der Waals surface area contributed by atoms with Gasteiger partial charge >= 0.3 is 5.97 Å². The first-order valence-corrected chi connectivity index (χ1v) is 18.3. The van der Waals surface area contributed by atoms with Gasteiger partial charge in [-0.3, -0.25) is 4.57 Å². The van der Waals surface area contributed by atoms with E-state index >= 15 is 0 Å². The van der Waals surface area contributed by atoms with Crippen molar-refractivity contribution < 1.29 is 23.4 Å². The number of aliphatic carboxylic acids is 1. The average molecular weight is 601 g/mol. The number of hydrogen-bond acceptors (Lipinski definition) is 4. The lowest BCUT2D eigenvalue weighted by atomic mass is 9.98. The Kier molecular flexibility index (Phi) is 10.4. The summed E-state index contributed by atoms with van der Waals surface area (Å²) in [5.74, 6) is -1.06. The van der Waals surface area contributed by atoms with Gasteiger partial charge in [-0.05, 0) is 44.9 Å². The normalized spacial score (nSPS) is 14.2. The highest BCUT2D eigenvalue weighted by atomic mass is 31.2. The fourth-order valence-electron chi connectivity index (χ4n) is 5.67. The van der Waals surface area contributed by atoms with E-state index in [4.69, 9.17) is 8.95 Å². The van der Waals surface area contributed by atoms with E-state index in [0.29, 0.717) is 12.6 Å². The summed E-state index contributed by atoms with van der Waals surface area (Å²) >= 11 is 0. The van der Waals surface area contributed by atoms with Crippen LogP contribution in [0.25, 0.3) is 11.1 Å². The molecule has 42 heavy (non-hydrogen) atoms. The summed E-state index contributed by atoms with van der Waals surface area (Å²) in [6.07, 6.45) is -0.0591. The maximum Gasteiger partial charge on any atom is 0.331 e. The second-order valence-electron chi connectivity index (χ2n) is 11.6. The highest BCUT2D eigenvalue weighted by Crippen LogP contribution is 2.48. The first-order chi connectivity index (χ1) is 20.1. The number of carboxylic acid groups (broad SMARTS) is 1. The summed E-state index contributed by atoms with van der Waals surface area (Å²) < 4.78 is 26.5. The molecule has 0 aliphatic rings. The van der Waals surface area contributed by atoms with E-state index in [9.17, 15) is 14.5 Å². The van der Waals surface area contributed by atoms with Gasteiger partial charge in [-0.2, -0.15) is 0 Å². The van der Waals surface area contributed by atoms with Crippen molar-refractivity contribution in [3.8, 4) is 11.1 Å². The minimum absolute atomic E-state index is 0.0886. The van der Waals surface area contributed by atoms with Crippen molar-refractivity contribution in [3.63, 3.8) is 0 Å². The molecular weight excluding hydrogens is 559 g/mol. The smallest absolute Gasteiger partial charge is 0.331 e. The lowest BCUT2D eigenvalue weighted by Crippen LogP contribution is -2.68. The van der Waals surface area contributed by atoms with E-state index in [1.807, 2.05) is 91.0 Å². The number of hydrogen-bond donors (Lipinski definition) is 1. The molecule has 0 spiro atoms. The minimum Gasteiger partial charge on any atom is -0.479 e. The van der Waals surface area contributed by atoms with Gasteiger partial charge < -0.3 is 14.1 Å². The van der Waals surface area contributed by atoms with Crippen LogP contribution in [-0.2, 0) is 24.7 Å². The summed E-state index contributed by atoms with van der Waals surface area (Å²) in [5, 5.41) is 12.0. The van der Waals surface area contributed by atoms with E-state index in [1.54, 1.807) is 0 Å². The van der Waals surface area contributed by atoms with Crippen LogP contribution >= 0.6 is 7.37 Å². The van der Waals surface area contributed by atoms with Crippen molar-refractivity contribution in [1.82, 2.24) is 0 Å². The van der Waals surface area contributed by atoms with Gasteiger partial charge in [0.15, 0.2) is 0 Å². The molecule has 4 rings (SSSR count). The Balaban J connectivity index is 1.59. The number of rotatable bonds is 13. The Hall–Kier alpha value is -3.28. The van der Waals surface area contributed by atoms with Crippen molar-refractivity contribution in [2.45, 2.75) is 44.8 Å². The summed E-state index contributed by atoms with van der Waals surface area (Å²) in [7, 11) is -4.80. The Bertz CT molecular complexity index is 1450. The zero-order chi connectivity index (χ0) is 30.2. The van der Waals surface area contributed by atoms with E-state index in [-0.39, 0.29) is 17.6 Å². The van der Waals surface area contributed by atoms with Crippen molar-refractivity contribution >= 4 is 32.0 Å². The maximum atomic E-state index is 14.0. The monoisotopic (exact) mass is 600 g/mol. The van der Waals surface area contributed by atoms with Crippen LogP contribution < -0.4 is 10.4 Å². The van der Waals surface area contributed by atoms with Gasteiger partial charge in [0, 0.05) is 19.4 Å². The number of aryl methyl sites for hydroxylation is 1. The standard InChI is InChI=1S/C35H41O5PSi/c1-35(2,3)42(30-19-10-6-11-20-30,31-21-12-7-13-22-31)40-33(34(36)37)25-27-41(38,39-4)26-24-29-18-14-15-23-32(29)28-16-8-5-9-17-28/h5-23,33H,24-27H2,1-4H3,(H,36,37)/t33-,41?/m0/s1.